The van der Waals surface area contributed by atoms with Crippen LogP contribution in [0.4, 0.5) is 0 Å². The maximum atomic E-state index is 13.6. The van der Waals surface area contributed by atoms with E-state index in [1.165, 1.54) is 0 Å². The fraction of sp³-hybridized carbons (Fsp3) is 0.893. The number of amides is 4. The highest BCUT2D eigenvalue weighted by Gasteiger charge is 2.63. The minimum absolute atomic E-state index is 0.00411. The maximum Gasteiger partial charge on any atom is 0.364 e. The molecular weight excluding hydrogens is 1360 g/mol. The zero-order valence-electron chi connectivity index (χ0n) is 54.4. The highest BCUT2D eigenvalue weighted by molar-refractivity contribution is 5.78. The molecule has 6 fully saturated rings. The van der Waals surface area contributed by atoms with Crippen LogP contribution in [-0.4, -0.2) is 381 Å². The summed E-state index contributed by atoms with van der Waals surface area (Å²) in [5, 5.41) is 224. The number of carboxylic acid groups (broad SMARTS) is 2. The van der Waals surface area contributed by atoms with Crippen molar-refractivity contribution >= 4 is 35.6 Å². The molecule has 44 heteroatoms. The molecule has 574 valence electrons. The van der Waals surface area contributed by atoms with Gasteiger partial charge in [0.2, 0.25) is 23.6 Å². The fourth-order valence-electron chi connectivity index (χ4n) is 12.4. The number of aliphatic hydroxyl groups excluding tert-OH is 17. The summed E-state index contributed by atoms with van der Waals surface area (Å²) in [7, 11) is 0. The van der Waals surface area contributed by atoms with E-state index in [9.17, 15) is 126 Å². The summed E-state index contributed by atoms with van der Waals surface area (Å²) in [4.78, 5) is 80.0. The zero-order valence-corrected chi connectivity index (χ0v) is 54.4. The van der Waals surface area contributed by atoms with Crippen LogP contribution in [0.3, 0.4) is 0 Å². The normalized spacial score (nSPS) is 40.5. The first-order valence-electron chi connectivity index (χ1n) is 31.8. The Labute approximate surface area is 568 Å². The number of carbonyl (C=O) groups excluding carboxylic acids is 4. The number of nitrogens with one attached hydrogen (secondary N) is 4. The Hall–Kier alpha value is -5.03. The number of carboxylic acids is 2. The fourth-order valence-corrected chi connectivity index (χ4v) is 12.4. The van der Waals surface area contributed by atoms with Crippen molar-refractivity contribution in [1.29, 1.82) is 0 Å². The average molecular weight is 1460 g/mol. The Bertz CT molecular complexity index is 2720. The van der Waals surface area contributed by atoms with E-state index in [0.29, 0.717) is 25.7 Å². The van der Waals surface area contributed by atoms with Crippen molar-refractivity contribution in [2.45, 2.75) is 261 Å². The van der Waals surface area contributed by atoms with Crippen molar-refractivity contribution in [2.75, 3.05) is 52.8 Å². The van der Waals surface area contributed by atoms with Crippen LogP contribution in [-0.2, 0) is 85.6 Å². The van der Waals surface area contributed by atoms with E-state index in [-0.39, 0.29) is 13.2 Å². The van der Waals surface area contributed by atoms with Crippen molar-refractivity contribution in [3.8, 4) is 0 Å². The van der Waals surface area contributed by atoms with Crippen LogP contribution in [0.25, 0.3) is 10.4 Å². The number of ether oxygens (including phenoxy) is 12. The summed E-state index contributed by atoms with van der Waals surface area (Å²) >= 11 is 0. The third kappa shape index (κ3) is 20.1. The van der Waals surface area contributed by atoms with E-state index < -0.39 is 283 Å². The van der Waals surface area contributed by atoms with Gasteiger partial charge in [-0.1, -0.05) is 18.0 Å². The summed E-state index contributed by atoms with van der Waals surface area (Å²) < 4.78 is 70.8. The molecule has 23 N–H and O–H groups in total. The van der Waals surface area contributed by atoms with Gasteiger partial charge < -0.3 is 175 Å². The second-order valence-electron chi connectivity index (χ2n) is 24.8. The molecule has 4 amide bonds. The highest BCUT2D eigenvalue weighted by Crippen LogP contribution is 2.41. The number of aliphatic hydroxyl groups is 17. The van der Waals surface area contributed by atoms with Gasteiger partial charge in [-0.25, -0.2) is 9.59 Å². The molecule has 0 bridgehead atoms. The Morgan fingerprint density at radius 3 is 1.42 bits per heavy atom. The molecule has 0 spiro atoms. The van der Waals surface area contributed by atoms with Gasteiger partial charge in [0.05, 0.1) is 63.9 Å². The third-order valence-electron chi connectivity index (χ3n) is 17.5. The lowest BCUT2D eigenvalue weighted by atomic mass is 9.88. The second-order valence-corrected chi connectivity index (χ2v) is 24.8. The van der Waals surface area contributed by atoms with Crippen LogP contribution in [0.1, 0.15) is 66.2 Å². The van der Waals surface area contributed by atoms with Gasteiger partial charge in [0.15, 0.2) is 25.2 Å². The zero-order chi connectivity index (χ0) is 74.4. The quantitative estimate of drug-likeness (QED) is 0.0123. The predicted octanol–water partition coefficient (Wildman–Crippen LogP) is -12.2. The van der Waals surface area contributed by atoms with Crippen molar-refractivity contribution in [1.82, 2.24) is 21.3 Å². The van der Waals surface area contributed by atoms with Gasteiger partial charge in [-0.15, -0.1) is 0 Å². The number of hydrogen-bond acceptors (Lipinski definition) is 36. The van der Waals surface area contributed by atoms with Crippen molar-refractivity contribution in [2.24, 2.45) is 5.11 Å². The van der Waals surface area contributed by atoms with Crippen molar-refractivity contribution < 1.29 is 183 Å². The molecule has 44 nitrogen and oxygen atoms in total. The van der Waals surface area contributed by atoms with Gasteiger partial charge in [-0.2, -0.15) is 0 Å². The molecule has 0 aromatic rings. The monoisotopic (exact) mass is 1460 g/mol. The predicted molar refractivity (Wildman–Crippen MR) is 316 cm³/mol. The summed E-state index contributed by atoms with van der Waals surface area (Å²) in [6, 6.07) is -7.11. The number of unbranched alkanes of at least 4 members (excludes halogenated alkanes) is 3. The van der Waals surface area contributed by atoms with Gasteiger partial charge in [0, 0.05) is 58.6 Å². The molecule has 6 saturated heterocycles. The summed E-state index contributed by atoms with van der Waals surface area (Å²) in [6.45, 7) is -2.99. The van der Waals surface area contributed by atoms with Crippen molar-refractivity contribution in [3.05, 3.63) is 10.4 Å². The minimum atomic E-state index is -3.47. The molecule has 0 unspecified atom stereocenters. The molecule has 6 aliphatic rings. The van der Waals surface area contributed by atoms with Crippen LogP contribution < -0.4 is 21.3 Å². The molecule has 6 aliphatic heterocycles. The first-order valence-corrected chi connectivity index (χ1v) is 31.8. The Morgan fingerprint density at radius 1 is 0.500 bits per heavy atom. The van der Waals surface area contributed by atoms with Gasteiger partial charge >= 0.3 is 11.9 Å². The molecule has 0 radical (unpaired) electrons. The van der Waals surface area contributed by atoms with E-state index in [1.807, 2.05) is 0 Å². The highest BCUT2D eigenvalue weighted by atomic mass is 16.8. The minimum Gasteiger partial charge on any atom is -0.477 e. The first-order chi connectivity index (χ1) is 47.2. The number of aliphatic carboxylic acids is 2. The van der Waals surface area contributed by atoms with Crippen molar-refractivity contribution in [3.63, 3.8) is 0 Å². The third-order valence-corrected chi connectivity index (χ3v) is 17.5. The van der Waals surface area contributed by atoms with Crippen LogP contribution in [0.15, 0.2) is 5.11 Å². The molecule has 0 aromatic carbocycles. The topological polar surface area (TPSA) is 694 Å². The number of nitrogens with zero attached hydrogens (tertiary/aromatic N) is 3. The maximum absolute atomic E-state index is 13.6. The number of carbonyl (C=O) groups is 6. The molecule has 100 heavy (non-hydrogen) atoms. The summed E-state index contributed by atoms with van der Waals surface area (Å²) in [5.74, 6) is -14.7. The summed E-state index contributed by atoms with van der Waals surface area (Å²) in [6.07, 6.45) is -57.0. The molecule has 6 rings (SSSR count). The lowest BCUT2D eigenvalue weighted by Gasteiger charge is -2.52. The Morgan fingerprint density at radius 2 is 0.920 bits per heavy atom. The Kier molecular flexibility index (Phi) is 31.6. The van der Waals surface area contributed by atoms with E-state index >= 15 is 0 Å². The molecule has 0 saturated carbocycles. The van der Waals surface area contributed by atoms with Gasteiger partial charge in [0.25, 0.3) is 11.6 Å². The lowest BCUT2D eigenvalue weighted by Crippen LogP contribution is -2.72. The Balaban J connectivity index is 1.38. The average Bonchev–Trinajstić information content (AvgIpc) is 0.764. The molecular formula is C56H93N7O37. The SMILES string of the molecule is CC(=O)N[C@H]1[C@H](OCCCCCCN=[N+]=[N-])O[C@H](CO)[C@@H](O[C@@H]2O[C@H](CO)[C@H](O)[C@H](O[C@@H]3O[C@H](CO)[C@@H](O)[C@@H](O[C@@H]4O[C@H](CO[C@]5(C(=O)O)C[C@H](O)[C@@H](NC(C)=O)[C@H]([C@H](O)[C@H](O)CO)O5)[C@H](O)[C@H](O[C@]5(C(=O)O)C[C@H](O)[C@@H](NC(C)=O)[C@H]([C@H](O)[C@H](O)CO)O5)[C@H]4O)[C@H]3NC(C)=O)[C@H]2O)[C@@H]1O. The standard InChI is InChI=1S/C56H93N7O37/c1-19(69)59-31-23(73)11-55(53(85)86,98-45(31)35(77)25(75)13-64)90-18-30-39(81)48(100-56(54(87)88)12-24(74)32(60-20(2)70)46(99-56)36(78)26(76)14-65)42(84)52(94-30)96-44-34(62-22(4)72)50(91-27(15-66)37(44)79)97-47-38(80)28(16-67)92-51(41(47)83)95-43-29(17-68)93-49(33(40(43)82)61-21(3)71)89-10-8-6-5-7-9-58-63-57/h23-52,64-68,73-84H,5-18H2,1-4H3,(H,59,69)(H,60,70)(H,61,71)(H,62,72)(H,85,86)(H,87,88)/t23-,24-,25+,26+,27+,28+,29+,30+,31+,32+,33+,34+,35+,36+,37+,38-,39-,40+,41+,42+,43+,44-,45+,46+,47-,48-,49+,50-,51-,52-,55+,56-/m0/s1. The molecule has 32 atom stereocenters. The smallest absolute Gasteiger partial charge is 0.364 e. The molecule has 0 aromatic heterocycles. The van der Waals surface area contributed by atoms with Gasteiger partial charge in [-0.05, 0) is 18.4 Å². The van der Waals surface area contributed by atoms with E-state index in [2.05, 4.69) is 31.3 Å². The molecule has 0 aliphatic carbocycles. The van der Waals surface area contributed by atoms with Crippen LogP contribution in [0.2, 0.25) is 0 Å². The second kappa shape index (κ2) is 37.6. The van der Waals surface area contributed by atoms with E-state index in [1.54, 1.807) is 0 Å². The summed E-state index contributed by atoms with van der Waals surface area (Å²) in [5.41, 5.74) is 8.53. The number of azide groups is 1. The largest absolute Gasteiger partial charge is 0.477 e. The molecule has 6 heterocycles. The van der Waals surface area contributed by atoms with Gasteiger partial charge in [-0.3, -0.25) is 19.2 Å². The lowest BCUT2D eigenvalue weighted by molar-refractivity contribution is -0.392. The van der Waals surface area contributed by atoms with Crippen LogP contribution >= 0.6 is 0 Å². The first kappa shape index (κ1) is 83.9. The van der Waals surface area contributed by atoms with E-state index in [0.717, 1.165) is 27.7 Å². The van der Waals surface area contributed by atoms with E-state index in [4.69, 9.17) is 62.4 Å². The van der Waals surface area contributed by atoms with Crippen LogP contribution in [0.5, 0.6) is 0 Å². The van der Waals surface area contributed by atoms with Gasteiger partial charge in [0.1, 0.15) is 134 Å². The number of hydrogen-bond donors (Lipinski definition) is 23. The number of rotatable bonds is 34. The van der Waals surface area contributed by atoms with Crippen LogP contribution in [0, 0.1) is 0 Å².